The van der Waals surface area contributed by atoms with Gasteiger partial charge in [-0.25, -0.2) is 8.42 Å². The van der Waals surface area contributed by atoms with Crippen molar-refractivity contribution in [2.45, 2.75) is 83.0 Å². The third-order valence-electron chi connectivity index (χ3n) is 3.31. The van der Waals surface area contributed by atoms with E-state index < -0.39 is 15.1 Å². The zero-order chi connectivity index (χ0) is 14.1. The fourth-order valence-corrected chi connectivity index (χ4v) is 2.82. The molecular weight excluding hydrogens is 291 g/mol. The maximum atomic E-state index is 11.2. The Labute approximate surface area is 160 Å². The molecule has 0 bridgehead atoms. The average Bonchev–Trinajstić information content (AvgIpc) is 2.29. The molecule has 0 aliphatic heterocycles. The van der Waals surface area contributed by atoms with Crippen molar-refractivity contribution in [2.75, 3.05) is 0 Å². The predicted octanol–water partition coefficient (Wildman–Crippen LogP) is 0.165. The first-order valence-electron chi connectivity index (χ1n) is 7.05. The van der Waals surface area contributed by atoms with Crippen molar-refractivity contribution in [1.29, 1.82) is 0 Å². The van der Waals surface area contributed by atoms with E-state index in [1.807, 2.05) is 0 Å². The second-order valence-corrected chi connectivity index (χ2v) is 6.69. The second kappa shape index (κ2) is 12.1. The molecule has 1 N–H and O–H groups in total. The summed E-state index contributed by atoms with van der Waals surface area (Å²) < 4.78 is 33.5. The minimum atomic E-state index is -4.63. The van der Waals surface area contributed by atoms with E-state index in [9.17, 15) is 18.1 Å². The first-order valence-corrected chi connectivity index (χ1v) is 8.46. The summed E-state index contributed by atoms with van der Waals surface area (Å²) in [7, 11) is -4.63. The summed E-state index contributed by atoms with van der Waals surface area (Å²) in [5, 5.41) is 10.0. The van der Waals surface area contributed by atoms with Crippen LogP contribution in [-0.4, -0.2) is 23.0 Å². The molecule has 0 aromatic heterocycles. The molecule has 6 heteroatoms. The number of aliphatic hydroxyl groups is 1. The van der Waals surface area contributed by atoms with Gasteiger partial charge >= 0.3 is 51.4 Å². The minimum absolute atomic E-state index is 0. The molecule has 0 unspecified atom stereocenters. The third kappa shape index (κ3) is 9.95. The molecule has 0 rings (SSSR count). The summed E-state index contributed by atoms with van der Waals surface area (Å²) in [6, 6.07) is 0. The van der Waals surface area contributed by atoms with Gasteiger partial charge in [0.2, 0.25) is 0 Å². The first-order chi connectivity index (χ1) is 8.37. The molecule has 0 atom stereocenters. The summed E-state index contributed by atoms with van der Waals surface area (Å²) in [6.07, 6.45) is 7.16. The maximum absolute atomic E-state index is 11.2. The fourth-order valence-electron chi connectivity index (χ4n) is 2.03. The molecular formula is C13H27KO4S. The van der Waals surface area contributed by atoms with Crippen LogP contribution in [-0.2, 0) is 10.1 Å². The number of hydrogen-bond acceptors (Lipinski definition) is 4. The standard InChI is InChI=1S/C13H28O4S.K/c1-3-5-7-9-11-13(14,18(15,16)17)12-10-8-6-4-2;/h14H,3-12H2,1-2H3,(H,15,16,17);/q;+1/p-1. The molecule has 0 saturated heterocycles. The van der Waals surface area contributed by atoms with Crippen molar-refractivity contribution in [3.63, 3.8) is 0 Å². The van der Waals surface area contributed by atoms with E-state index in [0.29, 0.717) is 12.8 Å². The van der Waals surface area contributed by atoms with Gasteiger partial charge in [-0.15, -0.1) is 0 Å². The van der Waals surface area contributed by atoms with Crippen LogP contribution in [0.2, 0.25) is 0 Å². The van der Waals surface area contributed by atoms with Crippen LogP contribution >= 0.6 is 0 Å². The zero-order valence-corrected chi connectivity index (χ0v) is 16.6. The molecule has 0 aliphatic rings. The minimum Gasteiger partial charge on any atom is -0.746 e. The van der Waals surface area contributed by atoms with Crippen molar-refractivity contribution in [2.24, 2.45) is 0 Å². The van der Waals surface area contributed by atoms with Gasteiger partial charge in [0, 0.05) is 0 Å². The largest absolute Gasteiger partial charge is 1.00 e. The molecule has 0 saturated carbocycles. The van der Waals surface area contributed by atoms with E-state index >= 15 is 0 Å². The molecule has 0 aliphatic carbocycles. The number of rotatable bonds is 11. The monoisotopic (exact) mass is 318 g/mol. The van der Waals surface area contributed by atoms with E-state index in [0.717, 1.165) is 38.5 Å². The maximum Gasteiger partial charge on any atom is 1.00 e. The normalized spacial score (nSPS) is 12.2. The van der Waals surface area contributed by atoms with Crippen molar-refractivity contribution in [3.8, 4) is 0 Å². The van der Waals surface area contributed by atoms with Crippen molar-refractivity contribution < 1.29 is 69.5 Å². The summed E-state index contributed by atoms with van der Waals surface area (Å²) in [5.74, 6) is 0. The van der Waals surface area contributed by atoms with Gasteiger partial charge < -0.3 is 9.66 Å². The average molecular weight is 319 g/mol. The van der Waals surface area contributed by atoms with Gasteiger partial charge in [0.15, 0.2) is 4.93 Å². The Morgan fingerprint density at radius 3 is 1.53 bits per heavy atom. The van der Waals surface area contributed by atoms with Crippen LogP contribution < -0.4 is 51.4 Å². The van der Waals surface area contributed by atoms with E-state index in [2.05, 4.69) is 13.8 Å². The van der Waals surface area contributed by atoms with Crippen LogP contribution in [0.5, 0.6) is 0 Å². The van der Waals surface area contributed by atoms with E-state index in [4.69, 9.17) is 0 Å². The van der Waals surface area contributed by atoms with Gasteiger partial charge in [-0.2, -0.15) is 0 Å². The number of hydrogen-bond donors (Lipinski definition) is 1. The first kappa shape index (κ1) is 22.8. The van der Waals surface area contributed by atoms with Gasteiger partial charge in [0.25, 0.3) is 0 Å². The molecule has 0 fully saturated rings. The zero-order valence-electron chi connectivity index (χ0n) is 12.7. The van der Waals surface area contributed by atoms with Crippen LogP contribution in [0.15, 0.2) is 0 Å². The van der Waals surface area contributed by atoms with Crippen LogP contribution in [0.1, 0.15) is 78.1 Å². The quantitative estimate of drug-likeness (QED) is 0.334. The molecule has 0 heterocycles. The van der Waals surface area contributed by atoms with Gasteiger partial charge in [-0.3, -0.25) is 0 Å². The smallest absolute Gasteiger partial charge is 0.746 e. The summed E-state index contributed by atoms with van der Waals surface area (Å²) in [6.45, 7) is 4.11. The Morgan fingerprint density at radius 2 is 1.26 bits per heavy atom. The molecule has 0 radical (unpaired) electrons. The van der Waals surface area contributed by atoms with Gasteiger partial charge in [0.05, 0.1) is 0 Å². The molecule has 0 aromatic rings. The molecule has 110 valence electrons. The van der Waals surface area contributed by atoms with E-state index in [1.54, 1.807) is 0 Å². The Hall–Kier alpha value is 1.51. The van der Waals surface area contributed by atoms with E-state index in [1.165, 1.54) is 0 Å². The van der Waals surface area contributed by atoms with Gasteiger partial charge in [0.1, 0.15) is 10.1 Å². The topological polar surface area (TPSA) is 77.4 Å². The van der Waals surface area contributed by atoms with Crippen LogP contribution in [0.3, 0.4) is 0 Å². The van der Waals surface area contributed by atoms with E-state index in [-0.39, 0.29) is 64.2 Å². The second-order valence-electron chi connectivity index (χ2n) is 5.02. The van der Waals surface area contributed by atoms with Crippen LogP contribution in [0, 0.1) is 0 Å². The number of unbranched alkanes of at least 4 members (excludes halogenated alkanes) is 6. The Balaban J connectivity index is 0. The van der Waals surface area contributed by atoms with Crippen molar-refractivity contribution >= 4 is 10.1 Å². The molecule has 0 spiro atoms. The summed E-state index contributed by atoms with van der Waals surface area (Å²) in [5.41, 5.74) is 0. The fraction of sp³-hybridized carbons (Fsp3) is 1.00. The Bertz CT molecular complexity index is 292. The Kier molecular flexibility index (Phi) is 14.5. The summed E-state index contributed by atoms with van der Waals surface area (Å²) >= 11 is 0. The van der Waals surface area contributed by atoms with Crippen molar-refractivity contribution in [3.05, 3.63) is 0 Å². The molecule has 4 nitrogen and oxygen atoms in total. The van der Waals surface area contributed by atoms with Crippen LogP contribution in [0.4, 0.5) is 0 Å². The molecule has 19 heavy (non-hydrogen) atoms. The van der Waals surface area contributed by atoms with Gasteiger partial charge in [-0.1, -0.05) is 52.4 Å². The molecule has 0 aromatic carbocycles. The predicted molar refractivity (Wildman–Crippen MR) is 72.2 cm³/mol. The van der Waals surface area contributed by atoms with Gasteiger partial charge in [-0.05, 0) is 25.7 Å². The molecule has 0 amide bonds. The Morgan fingerprint density at radius 1 is 0.895 bits per heavy atom. The summed E-state index contributed by atoms with van der Waals surface area (Å²) in [4.78, 5) is -2.05. The SMILES string of the molecule is CCCCCCC(O)(CCCCCC)S(=O)(=O)[O-].[K+]. The van der Waals surface area contributed by atoms with Crippen molar-refractivity contribution in [1.82, 2.24) is 0 Å². The third-order valence-corrected chi connectivity index (χ3v) is 4.65. The van der Waals surface area contributed by atoms with Crippen LogP contribution in [0.25, 0.3) is 0 Å².